The third-order valence-electron chi connectivity index (χ3n) is 4.52. The van der Waals surface area contributed by atoms with Crippen LogP contribution in [-0.2, 0) is 4.79 Å². The monoisotopic (exact) mass is 184 g/mol. The number of aliphatic hydroxyl groups is 1. The third-order valence-corrected chi connectivity index (χ3v) is 4.52. The summed E-state index contributed by atoms with van der Waals surface area (Å²) in [6.45, 7) is 3.96. The number of aliphatic carboxylic acids is 1. The lowest BCUT2D eigenvalue weighted by atomic mass is 9.68. The number of rotatable bonds is 1. The topological polar surface area (TPSA) is 57.5 Å². The summed E-state index contributed by atoms with van der Waals surface area (Å²) < 4.78 is 0. The van der Waals surface area contributed by atoms with Gasteiger partial charge in [0.15, 0.2) is 0 Å². The highest BCUT2D eigenvalue weighted by atomic mass is 16.4. The maximum atomic E-state index is 11.2. The van der Waals surface area contributed by atoms with Gasteiger partial charge in [0.1, 0.15) is 0 Å². The Labute approximate surface area is 77.8 Å². The highest BCUT2D eigenvalue weighted by Gasteiger charge is 2.68. The molecule has 3 heteroatoms. The van der Waals surface area contributed by atoms with Crippen LogP contribution in [0.5, 0.6) is 0 Å². The van der Waals surface area contributed by atoms with Gasteiger partial charge < -0.3 is 10.2 Å². The Hall–Kier alpha value is -0.570. The Balaban J connectivity index is 2.49. The summed E-state index contributed by atoms with van der Waals surface area (Å²) in [6, 6.07) is 0. The first-order valence-corrected chi connectivity index (χ1v) is 4.84. The summed E-state index contributed by atoms with van der Waals surface area (Å²) in [6.07, 6.45) is 1.62. The Morgan fingerprint density at radius 2 is 2.08 bits per heavy atom. The van der Waals surface area contributed by atoms with Gasteiger partial charge >= 0.3 is 5.97 Å². The Bertz CT molecular complexity index is 259. The van der Waals surface area contributed by atoms with Crippen molar-refractivity contribution in [3.63, 3.8) is 0 Å². The number of carboxylic acid groups (broad SMARTS) is 1. The molecule has 0 aromatic carbocycles. The predicted octanol–water partition coefficient (Wildman–Crippen LogP) is 1.26. The third kappa shape index (κ3) is 0.766. The molecule has 0 heterocycles. The van der Waals surface area contributed by atoms with Gasteiger partial charge in [-0.05, 0) is 30.6 Å². The van der Waals surface area contributed by atoms with Gasteiger partial charge in [-0.1, -0.05) is 13.8 Å². The van der Waals surface area contributed by atoms with Crippen LogP contribution in [-0.4, -0.2) is 22.3 Å². The molecule has 3 atom stereocenters. The zero-order valence-corrected chi connectivity index (χ0v) is 8.08. The zero-order valence-electron chi connectivity index (χ0n) is 8.08. The zero-order chi connectivity index (χ0) is 9.85. The lowest BCUT2D eigenvalue weighted by molar-refractivity contribution is -0.161. The van der Waals surface area contributed by atoms with Gasteiger partial charge in [0.25, 0.3) is 0 Å². The Morgan fingerprint density at radius 3 is 2.31 bits per heavy atom. The number of hydrogen-bond donors (Lipinski definition) is 2. The van der Waals surface area contributed by atoms with Gasteiger partial charge in [-0.3, -0.25) is 4.79 Å². The van der Waals surface area contributed by atoms with E-state index in [1.807, 2.05) is 13.8 Å². The second-order valence-corrected chi connectivity index (χ2v) is 4.99. The fourth-order valence-corrected chi connectivity index (χ4v) is 3.45. The highest BCUT2D eigenvalue weighted by molar-refractivity contribution is 5.78. The SMILES string of the molecule is CC1(C)[C@H]2CC[C@]1(C(=O)O)[C@@H](O)C2. The summed E-state index contributed by atoms with van der Waals surface area (Å²) in [5, 5.41) is 19.0. The van der Waals surface area contributed by atoms with Crippen LogP contribution in [0.1, 0.15) is 33.1 Å². The largest absolute Gasteiger partial charge is 0.481 e. The number of carbonyl (C=O) groups is 1. The van der Waals surface area contributed by atoms with E-state index in [9.17, 15) is 15.0 Å². The molecule has 0 aromatic heterocycles. The van der Waals surface area contributed by atoms with Crippen LogP contribution in [0.3, 0.4) is 0 Å². The number of aliphatic hydroxyl groups excluding tert-OH is 1. The first-order valence-electron chi connectivity index (χ1n) is 4.84. The van der Waals surface area contributed by atoms with Crippen molar-refractivity contribution < 1.29 is 15.0 Å². The Morgan fingerprint density at radius 1 is 1.46 bits per heavy atom. The van der Waals surface area contributed by atoms with E-state index in [4.69, 9.17) is 0 Å². The summed E-state index contributed by atoms with van der Waals surface area (Å²) in [5.41, 5.74) is -1.10. The highest BCUT2D eigenvalue weighted by Crippen LogP contribution is 2.65. The standard InChI is InChI=1S/C10H16O3/c1-9(2)6-3-4-10(9,8(12)13)7(11)5-6/h6-7,11H,3-5H2,1-2H3,(H,12,13)/t6-,7-,10+/m0/s1. The Kier molecular flexibility index (Phi) is 1.57. The fraction of sp³-hybridized carbons (Fsp3) is 0.900. The van der Waals surface area contributed by atoms with Crippen molar-refractivity contribution in [2.45, 2.75) is 39.2 Å². The molecule has 74 valence electrons. The van der Waals surface area contributed by atoms with Crippen LogP contribution in [0, 0.1) is 16.7 Å². The smallest absolute Gasteiger partial charge is 0.312 e. The molecule has 0 aromatic rings. The quantitative estimate of drug-likeness (QED) is 0.645. The van der Waals surface area contributed by atoms with E-state index >= 15 is 0 Å². The molecule has 2 rings (SSSR count). The lowest BCUT2D eigenvalue weighted by Crippen LogP contribution is -2.45. The van der Waals surface area contributed by atoms with Crippen molar-refractivity contribution in [3.8, 4) is 0 Å². The van der Waals surface area contributed by atoms with Crippen LogP contribution in [0.15, 0.2) is 0 Å². The summed E-state index contributed by atoms with van der Waals surface area (Å²) >= 11 is 0. The molecular formula is C10H16O3. The summed E-state index contributed by atoms with van der Waals surface area (Å²) in [5.74, 6) is -0.427. The van der Waals surface area contributed by atoms with Crippen molar-refractivity contribution in [3.05, 3.63) is 0 Å². The van der Waals surface area contributed by atoms with Gasteiger partial charge in [-0.2, -0.15) is 0 Å². The predicted molar refractivity (Wildman–Crippen MR) is 47.2 cm³/mol. The number of carboxylic acids is 1. The molecule has 0 saturated heterocycles. The van der Waals surface area contributed by atoms with E-state index in [1.165, 1.54) is 0 Å². The average Bonchev–Trinajstić information content (AvgIpc) is 2.35. The van der Waals surface area contributed by atoms with Crippen LogP contribution in [0.4, 0.5) is 0 Å². The molecule has 2 aliphatic rings. The average molecular weight is 184 g/mol. The lowest BCUT2D eigenvalue weighted by Gasteiger charge is -2.35. The maximum absolute atomic E-state index is 11.2. The van der Waals surface area contributed by atoms with Crippen molar-refractivity contribution in [2.24, 2.45) is 16.7 Å². The summed E-state index contributed by atoms with van der Waals surface area (Å²) in [7, 11) is 0. The van der Waals surface area contributed by atoms with E-state index < -0.39 is 17.5 Å². The molecule has 2 fully saturated rings. The molecule has 0 amide bonds. The number of fused-ring (bicyclic) bond motifs is 2. The maximum Gasteiger partial charge on any atom is 0.312 e. The van der Waals surface area contributed by atoms with Gasteiger partial charge in [-0.25, -0.2) is 0 Å². The minimum Gasteiger partial charge on any atom is -0.481 e. The van der Waals surface area contributed by atoms with Gasteiger partial charge in [0.05, 0.1) is 11.5 Å². The molecule has 0 spiro atoms. The minimum atomic E-state index is -0.863. The van der Waals surface area contributed by atoms with Crippen LogP contribution in [0.25, 0.3) is 0 Å². The molecule has 2 saturated carbocycles. The number of hydrogen-bond acceptors (Lipinski definition) is 2. The molecule has 3 nitrogen and oxygen atoms in total. The van der Waals surface area contributed by atoms with Crippen molar-refractivity contribution in [1.82, 2.24) is 0 Å². The van der Waals surface area contributed by atoms with E-state index in [1.54, 1.807) is 0 Å². The molecule has 0 unspecified atom stereocenters. The second kappa shape index (κ2) is 2.27. The first-order chi connectivity index (χ1) is 5.93. The second-order valence-electron chi connectivity index (χ2n) is 4.99. The minimum absolute atomic E-state index is 0.238. The first kappa shape index (κ1) is 9.00. The van der Waals surface area contributed by atoms with Crippen molar-refractivity contribution in [1.29, 1.82) is 0 Å². The molecule has 2 bridgehead atoms. The van der Waals surface area contributed by atoms with E-state index in [2.05, 4.69) is 0 Å². The summed E-state index contributed by atoms with van der Waals surface area (Å²) in [4.78, 5) is 11.2. The van der Waals surface area contributed by atoms with E-state index in [0.717, 1.165) is 6.42 Å². The van der Waals surface area contributed by atoms with Crippen molar-refractivity contribution in [2.75, 3.05) is 0 Å². The van der Waals surface area contributed by atoms with Gasteiger partial charge in [0, 0.05) is 0 Å². The van der Waals surface area contributed by atoms with E-state index in [-0.39, 0.29) is 5.41 Å². The normalized spacial score (nSPS) is 46.7. The van der Waals surface area contributed by atoms with Gasteiger partial charge in [-0.15, -0.1) is 0 Å². The van der Waals surface area contributed by atoms with Crippen molar-refractivity contribution >= 4 is 5.97 Å². The van der Waals surface area contributed by atoms with Crippen LogP contribution >= 0.6 is 0 Å². The van der Waals surface area contributed by atoms with Crippen LogP contribution < -0.4 is 0 Å². The molecule has 0 aliphatic heterocycles. The molecular weight excluding hydrogens is 168 g/mol. The fourth-order valence-electron chi connectivity index (χ4n) is 3.45. The molecule has 0 radical (unpaired) electrons. The van der Waals surface area contributed by atoms with Crippen LogP contribution in [0.2, 0.25) is 0 Å². The van der Waals surface area contributed by atoms with Gasteiger partial charge in [0.2, 0.25) is 0 Å². The van der Waals surface area contributed by atoms with E-state index in [0.29, 0.717) is 18.8 Å². The molecule has 13 heavy (non-hydrogen) atoms. The molecule has 2 aliphatic carbocycles. The molecule has 2 N–H and O–H groups in total.